The summed E-state index contributed by atoms with van der Waals surface area (Å²) in [6, 6.07) is 0. The van der Waals surface area contributed by atoms with Gasteiger partial charge in [-0.25, -0.2) is 0 Å². The fraction of sp³-hybridized carbons (Fsp3) is 0.900. The van der Waals surface area contributed by atoms with Crippen LogP contribution < -0.4 is 0 Å². The van der Waals surface area contributed by atoms with Crippen LogP contribution in [0.25, 0.3) is 0 Å². The minimum Gasteiger partial charge on any atom is -0.481 e. The summed E-state index contributed by atoms with van der Waals surface area (Å²) in [6.45, 7) is 3.30. The number of ether oxygens (including phenoxy) is 1. The van der Waals surface area contributed by atoms with E-state index in [1.807, 2.05) is 11.8 Å². The molecule has 6 nitrogen and oxygen atoms in total. The van der Waals surface area contributed by atoms with Crippen molar-refractivity contribution in [3.63, 3.8) is 0 Å². The molecule has 0 aromatic carbocycles. The Kier molecular flexibility index (Phi) is 5.14. The van der Waals surface area contributed by atoms with Crippen molar-refractivity contribution in [3.8, 4) is 0 Å². The number of hydrogen-bond donors (Lipinski definition) is 3. The number of β-amino-alcohol motifs (C(OH)–C–C–N with tert-alkyl or cyclic N) is 1. The Morgan fingerprint density at radius 3 is 2.81 bits per heavy atom. The van der Waals surface area contributed by atoms with Gasteiger partial charge in [0.1, 0.15) is 0 Å². The van der Waals surface area contributed by atoms with Crippen LogP contribution in [0, 0.1) is 0 Å². The van der Waals surface area contributed by atoms with E-state index in [4.69, 9.17) is 14.9 Å². The molecule has 16 heavy (non-hydrogen) atoms. The van der Waals surface area contributed by atoms with Crippen molar-refractivity contribution in [2.75, 3.05) is 26.2 Å². The van der Waals surface area contributed by atoms with E-state index in [0.717, 1.165) is 0 Å². The van der Waals surface area contributed by atoms with Crippen LogP contribution >= 0.6 is 0 Å². The van der Waals surface area contributed by atoms with E-state index in [9.17, 15) is 9.90 Å². The van der Waals surface area contributed by atoms with Gasteiger partial charge in [0.2, 0.25) is 0 Å². The lowest BCUT2D eigenvalue weighted by molar-refractivity contribution is -0.140. The van der Waals surface area contributed by atoms with Gasteiger partial charge in [-0.3, -0.25) is 9.69 Å². The number of aliphatic carboxylic acids is 1. The molecule has 0 amide bonds. The lowest BCUT2D eigenvalue weighted by Crippen LogP contribution is -2.50. The first-order valence-electron chi connectivity index (χ1n) is 5.39. The van der Waals surface area contributed by atoms with Crippen LogP contribution in [-0.4, -0.2) is 70.7 Å². The first-order valence-corrected chi connectivity index (χ1v) is 5.39. The average Bonchev–Trinajstić information content (AvgIpc) is 2.14. The number of aliphatic hydroxyl groups is 2. The molecule has 0 saturated carbocycles. The molecule has 0 radical (unpaired) electrons. The van der Waals surface area contributed by atoms with Gasteiger partial charge in [0.15, 0.2) is 0 Å². The quantitative estimate of drug-likeness (QED) is 0.558. The van der Waals surface area contributed by atoms with Crippen LogP contribution in [-0.2, 0) is 9.53 Å². The molecule has 3 N–H and O–H groups in total. The number of hydrogen-bond acceptors (Lipinski definition) is 5. The molecule has 1 fully saturated rings. The largest absolute Gasteiger partial charge is 0.481 e. The number of aliphatic hydroxyl groups excluding tert-OH is 2. The minimum absolute atomic E-state index is 0.0112. The molecule has 6 heteroatoms. The third-order valence-corrected chi connectivity index (χ3v) is 2.48. The summed E-state index contributed by atoms with van der Waals surface area (Å²) in [6.07, 6.45) is -1.39. The smallest absolute Gasteiger partial charge is 0.306 e. The third kappa shape index (κ3) is 4.44. The lowest BCUT2D eigenvalue weighted by Gasteiger charge is -2.36. The van der Waals surface area contributed by atoms with Gasteiger partial charge in [-0.15, -0.1) is 0 Å². The van der Waals surface area contributed by atoms with Crippen molar-refractivity contribution in [2.24, 2.45) is 0 Å². The Hall–Kier alpha value is -0.690. The zero-order valence-corrected chi connectivity index (χ0v) is 9.37. The maximum Gasteiger partial charge on any atom is 0.306 e. The SMILES string of the molecule is CC1CN(CC(O)CC(=O)O)CC(CO)O1. The van der Waals surface area contributed by atoms with Crippen LogP contribution in [0.1, 0.15) is 13.3 Å². The standard InChI is InChI=1S/C10H19NO5/c1-7-3-11(5-9(6-12)16-7)4-8(13)2-10(14)15/h7-9,12-13H,2-6H2,1H3,(H,14,15). The fourth-order valence-electron chi connectivity index (χ4n) is 1.95. The molecule has 0 bridgehead atoms. The predicted molar refractivity (Wildman–Crippen MR) is 56.1 cm³/mol. The summed E-state index contributed by atoms with van der Waals surface area (Å²) in [5.74, 6) is -1.01. The molecule has 1 aliphatic rings. The molecule has 1 rings (SSSR count). The first-order chi connectivity index (χ1) is 7.51. The second-order valence-electron chi connectivity index (χ2n) is 4.22. The van der Waals surface area contributed by atoms with Gasteiger partial charge in [0, 0.05) is 19.6 Å². The van der Waals surface area contributed by atoms with E-state index in [1.54, 1.807) is 0 Å². The molecule has 1 saturated heterocycles. The number of carboxylic acid groups (broad SMARTS) is 1. The van der Waals surface area contributed by atoms with Crippen LogP contribution in [0.3, 0.4) is 0 Å². The van der Waals surface area contributed by atoms with Crippen molar-refractivity contribution in [1.29, 1.82) is 0 Å². The molecule has 0 aromatic heterocycles. The van der Waals surface area contributed by atoms with E-state index in [1.165, 1.54) is 0 Å². The molecule has 0 aliphatic carbocycles. The minimum atomic E-state index is -1.01. The third-order valence-electron chi connectivity index (χ3n) is 2.48. The monoisotopic (exact) mass is 233 g/mol. The van der Waals surface area contributed by atoms with Crippen molar-refractivity contribution >= 4 is 5.97 Å². The van der Waals surface area contributed by atoms with Crippen molar-refractivity contribution < 1.29 is 24.9 Å². The van der Waals surface area contributed by atoms with Crippen LogP contribution in [0.15, 0.2) is 0 Å². The van der Waals surface area contributed by atoms with Crippen LogP contribution in [0.2, 0.25) is 0 Å². The Balaban J connectivity index is 2.38. The van der Waals surface area contributed by atoms with E-state index in [2.05, 4.69) is 0 Å². The second kappa shape index (κ2) is 6.15. The zero-order chi connectivity index (χ0) is 12.1. The highest BCUT2D eigenvalue weighted by molar-refractivity contribution is 5.67. The van der Waals surface area contributed by atoms with E-state index in [-0.39, 0.29) is 25.2 Å². The van der Waals surface area contributed by atoms with Gasteiger partial charge in [-0.2, -0.15) is 0 Å². The fourth-order valence-corrected chi connectivity index (χ4v) is 1.95. The molecule has 0 spiro atoms. The average molecular weight is 233 g/mol. The Morgan fingerprint density at radius 2 is 2.25 bits per heavy atom. The first kappa shape index (κ1) is 13.4. The summed E-state index contributed by atoms with van der Waals surface area (Å²) in [5, 5.41) is 27.0. The molecule has 3 unspecified atom stereocenters. The van der Waals surface area contributed by atoms with Gasteiger partial charge in [-0.1, -0.05) is 0 Å². The number of morpholine rings is 1. The summed E-state index contributed by atoms with van der Waals surface area (Å²) in [5.41, 5.74) is 0. The highest BCUT2D eigenvalue weighted by Crippen LogP contribution is 2.11. The maximum atomic E-state index is 10.4. The molecule has 0 aromatic rings. The summed E-state index contributed by atoms with van der Waals surface area (Å²) >= 11 is 0. The molecule has 1 aliphatic heterocycles. The topological polar surface area (TPSA) is 90.2 Å². The maximum absolute atomic E-state index is 10.4. The van der Waals surface area contributed by atoms with Gasteiger partial charge in [0.25, 0.3) is 0 Å². The van der Waals surface area contributed by atoms with Gasteiger partial charge in [-0.05, 0) is 6.92 Å². The Morgan fingerprint density at radius 1 is 1.56 bits per heavy atom. The highest BCUT2D eigenvalue weighted by atomic mass is 16.5. The number of carbonyl (C=O) groups is 1. The molecular formula is C10H19NO5. The second-order valence-corrected chi connectivity index (χ2v) is 4.22. The summed E-state index contributed by atoms with van der Waals surface area (Å²) < 4.78 is 5.44. The normalized spacial score (nSPS) is 28.9. The van der Waals surface area contributed by atoms with Crippen molar-refractivity contribution in [1.82, 2.24) is 4.90 Å². The highest BCUT2D eigenvalue weighted by Gasteiger charge is 2.26. The van der Waals surface area contributed by atoms with Crippen LogP contribution in [0.5, 0.6) is 0 Å². The number of rotatable bonds is 5. The number of nitrogens with zero attached hydrogens (tertiary/aromatic N) is 1. The molecular weight excluding hydrogens is 214 g/mol. The van der Waals surface area contributed by atoms with E-state index < -0.39 is 12.1 Å². The van der Waals surface area contributed by atoms with Crippen molar-refractivity contribution in [2.45, 2.75) is 31.7 Å². The van der Waals surface area contributed by atoms with Crippen LogP contribution in [0.4, 0.5) is 0 Å². The number of carboxylic acids is 1. The van der Waals surface area contributed by atoms with Gasteiger partial charge in [0.05, 0.1) is 31.3 Å². The molecule has 94 valence electrons. The predicted octanol–water partition coefficient (Wildman–Crippen LogP) is -1.10. The molecule has 3 atom stereocenters. The zero-order valence-electron chi connectivity index (χ0n) is 9.37. The van der Waals surface area contributed by atoms with E-state index in [0.29, 0.717) is 19.6 Å². The lowest BCUT2D eigenvalue weighted by atomic mass is 10.2. The van der Waals surface area contributed by atoms with E-state index >= 15 is 0 Å². The molecule has 1 heterocycles. The Labute approximate surface area is 94.4 Å². The Bertz CT molecular complexity index is 235. The van der Waals surface area contributed by atoms with Crippen molar-refractivity contribution in [3.05, 3.63) is 0 Å². The van der Waals surface area contributed by atoms with Gasteiger partial charge < -0.3 is 20.1 Å². The van der Waals surface area contributed by atoms with Gasteiger partial charge >= 0.3 is 5.97 Å². The summed E-state index contributed by atoms with van der Waals surface area (Å²) in [4.78, 5) is 12.3. The summed E-state index contributed by atoms with van der Waals surface area (Å²) in [7, 11) is 0.